The Morgan fingerprint density at radius 2 is 2.19 bits per heavy atom. The molecule has 2 atom stereocenters. The van der Waals surface area contributed by atoms with Gasteiger partial charge in [0, 0.05) is 12.1 Å². The second-order valence-electron chi connectivity index (χ2n) is 5.13. The predicted molar refractivity (Wildman–Crippen MR) is 71.8 cm³/mol. The number of rotatable bonds is 2. The first-order valence-corrected chi connectivity index (χ1v) is 6.86. The minimum Gasteiger partial charge on any atom is -0.492 e. The molecule has 2 N–H and O–H groups in total. The largest absolute Gasteiger partial charge is 0.492 e. The van der Waals surface area contributed by atoms with Crippen LogP contribution in [0.3, 0.4) is 0 Å². The minimum absolute atomic E-state index is 0.00289. The van der Waals surface area contributed by atoms with Crippen LogP contribution in [-0.4, -0.2) is 35.7 Å². The number of fused-ring (bicyclic) bond motifs is 1. The zero-order valence-electron chi connectivity index (χ0n) is 11.2. The molecule has 0 saturated carbocycles. The van der Waals surface area contributed by atoms with E-state index < -0.39 is 0 Å². The SMILES string of the molecule is O=C1CNC(c2nc(C3COc4ccccc43)no2)CN1. The van der Waals surface area contributed by atoms with E-state index in [4.69, 9.17) is 9.26 Å². The second-order valence-corrected chi connectivity index (χ2v) is 5.13. The molecule has 7 heteroatoms. The fourth-order valence-electron chi connectivity index (χ4n) is 2.65. The summed E-state index contributed by atoms with van der Waals surface area (Å²) in [6.45, 7) is 1.24. The average molecular weight is 286 g/mol. The van der Waals surface area contributed by atoms with E-state index in [1.807, 2.05) is 24.3 Å². The first-order valence-electron chi connectivity index (χ1n) is 6.86. The number of benzene rings is 1. The van der Waals surface area contributed by atoms with Gasteiger partial charge in [0.1, 0.15) is 18.4 Å². The lowest BCUT2D eigenvalue weighted by molar-refractivity contribution is -0.121. The van der Waals surface area contributed by atoms with Crippen molar-refractivity contribution in [3.05, 3.63) is 41.5 Å². The summed E-state index contributed by atoms with van der Waals surface area (Å²) in [6, 6.07) is 7.73. The molecule has 3 heterocycles. The Hall–Kier alpha value is -2.41. The Balaban J connectivity index is 1.57. The van der Waals surface area contributed by atoms with Crippen LogP contribution in [0.4, 0.5) is 0 Å². The van der Waals surface area contributed by atoms with Crippen molar-refractivity contribution in [2.24, 2.45) is 0 Å². The van der Waals surface area contributed by atoms with Crippen molar-refractivity contribution in [1.29, 1.82) is 0 Å². The molecule has 21 heavy (non-hydrogen) atoms. The lowest BCUT2D eigenvalue weighted by Gasteiger charge is -2.20. The summed E-state index contributed by atoms with van der Waals surface area (Å²) in [5, 5.41) is 9.91. The zero-order chi connectivity index (χ0) is 14.2. The minimum atomic E-state index is -0.137. The van der Waals surface area contributed by atoms with Gasteiger partial charge in [-0.05, 0) is 6.07 Å². The van der Waals surface area contributed by atoms with Gasteiger partial charge in [0.15, 0.2) is 5.82 Å². The second kappa shape index (κ2) is 4.85. The summed E-state index contributed by atoms with van der Waals surface area (Å²) in [5.74, 6) is 1.96. The maximum atomic E-state index is 11.1. The summed E-state index contributed by atoms with van der Waals surface area (Å²) in [7, 11) is 0. The molecular weight excluding hydrogens is 272 g/mol. The van der Waals surface area contributed by atoms with Gasteiger partial charge in [-0.15, -0.1) is 0 Å². The van der Waals surface area contributed by atoms with Gasteiger partial charge in [-0.1, -0.05) is 23.4 Å². The number of hydrogen-bond donors (Lipinski definition) is 2. The van der Waals surface area contributed by atoms with Crippen LogP contribution < -0.4 is 15.4 Å². The van der Waals surface area contributed by atoms with E-state index in [0.29, 0.717) is 24.9 Å². The molecule has 1 saturated heterocycles. The maximum absolute atomic E-state index is 11.1. The number of amides is 1. The molecule has 2 aromatic rings. The Kier molecular flexibility index (Phi) is 2.85. The molecule has 1 fully saturated rings. The van der Waals surface area contributed by atoms with Crippen molar-refractivity contribution in [2.75, 3.05) is 19.7 Å². The third-order valence-electron chi connectivity index (χ3n) is 3.78. The van der Waals surface area contributed by atoms with Crippen LogP contribution in [0.1, 0.15) is 29.2 Å². The third kappa shape index (κ3) is 2.15. The van der Waals surface area contributed by atoms with Gasteiger partial charge in [-0.2, -0.15) is 4.98 Å². The number of nitrogens with one attached hydrogen (secondary N) is 2. The number of carbonyl (C=O) groups excluding carboxylic acids is 1. The van der Waals surface area contributed by atoms with E-state index in [-0.39, 0.29) is 24.4 Å². The van der Waals surface area contributed by atoms with Crippen LogP contribution in [0.2, 0.25) is 0 Å². The third-order valence-corrected chi connectivity index (χ3v) is 3.78. The Morgan fingerprint density at radius 1 is 1.29 bits per heavy atom. The molecule has 7 nitrogen and oxygen atoms in total. The Bertz CT molecular complexity index is 674. The number of piperazine rings is 1. The molecule has 1 aromatic carbocycles. The first-order chi connectivity index (χ1) is 10.3. The van der Waals surface area contributed by atoms with Gasteiger partial charge >= 0.3 is 0 Å². The van der Waals surface area contributed by atoms with Crippen molar-refractivity contribution in [3.8, 4) is 5.75 Å². The van der Waals surface area contributed by atoms with E-state index in [2.05, 4.69) is 20.8 Å². The van der Waals surface area contributed by atoms with Gasteiger partial charge in [-0.3, -0.25) is 10.1 Å². The number of hydrogen-bond acceptors (Lipinski definition) is 6. The van der Waals surface area contributed by atoms with E-state index in [9.17, 15) is 4.79 Å². The Labute approximate surface area is 120 Å². The number of aromatic nitrogens is 2. The molecule has 0 bridgehead atoms. The lowest BCUT2D eigenvalue weighted by Crippen LogP contribution is -2.47. The summed E-state index contributed by atoms with van der Waals surface area (Å²) >= 11 is 0. The highest BCUT2D eigenvalue weighted by atomic mass is 16.5. The topological polar surface area (TPSA) is 89.3 Å². The number of para-hydroxylation sites is 1. The van der Waals surface area contributed by atoms with Crippen molar-refractivity contribution >= 4 is 5.91 Å². The van der Waals surface area contributed by atoms with Crippen molar-refractivity contribution in [2.45, 2.75) is 12.0 Å². The lowest BCUT2D eigenvalue weighted by atomic mass is 10.0. The van der Waals surface area contributed by atoms with Crippen molar-refractivity contribution < 1.29 is 14.1 Å². The van der Waals surface area contributed by atoms with Gasteiger partial charge in [0.05, 0.1) is 12.5 Å². The maximum Gasteiger partial charge on any atom is 0.245 e. The highest BCUT2D eigenvalue weighted by molar-refractivity contribution is 5.78. The number of nitrogens with zero attached hydrogens (tertiary/aromatic N) is 2. The normalized spacial score (nSPS) is 24.3. The monoisotopic (exact) mass is 286 g/mol. The van der Waals surface area contributed by atoms with Gasteiger partial charge in [-0.25, -0.2) is 0 Å². The summed E-state index contributed by atoms with van der Waals surface area (Å²) in [6.07, 6.45) is 0. The highest BCUT2D eigenvalue weighted by Gasteiger charge is 2.31. The quantitative estimate of drug-likeness (QED) is 0.828. The van der Waals surface area contributed by atoms with E-state index >= 15 is 0 Å². The first kappa shape index (κ1) is 12.3. The number of carbonyl (C=O) groups is 1. The standard InChI is InChI=1S/C14H14N4O3/c19-12-6-15-10(5-16-12)14-17-13(18-21-14)9-7-20-11-4-2-1-3-8(9)11/h1-4,9-10,15H,5-7H2,(H,16,19). The summed E-state index contributed by atoms with van der Waals surface area (Å²) in [5.41, 5.74) is 1.08. The van der Waals surface area contributed by atoms with E-state index in [0.717, 1.165) is 11.3 Å². The molecule has 1 amide bonds. The molecule has 108 valence electrons. The van der Waals surface area contributed by atoms with Crippen LogP contribution in [0.25, 0.3) is 0 Å². The zero-order valence-corrected chi connectivity index (χ0v) is 11.2. The fraction of sp³-hybridized carbons (Fsp3) is 0.357. The van der Waals surface area contributed by atoms with Crippen LogP contribution in [0.15, 0.2) is 28.8 Å². The highest BCUT2D eigenvalue weighted by Crippen LogP contribution is 2.36. The molecule has 1 aromatic heterocycles. The molecule has 2 unspecified atom stereocenters. The molecule has 4 rings (SSSR count). The fourth-order valence-corrected chi connectivity index (χ4v) is 2.65. The van der Waals surface area contributed by atoms with E-state index in [1.54, 1.807) is 0 Å². The van der Waals surface area contributed by atoms with Gasteiger partial charge in [0.25, 0.3) is 0 Å². The molecule has 0 spiro atoms. The number of ether oxygens (including phenoxy) is 1. The predicted octanol–water partition coefficient (Wildman–Crippen LogP) is 0.354. The van der Waals surface area contributed by atoms with Crippen LogP contribution in [0, 0.1) is 0 Å². The van der Waals surface area contributed by atoms with Crippen LogP contribution in [-0.2, 0) is 4.79 Å². The van der Waals surface area contributed by atoms with Crippen LogP contribution >= 0.6 is 0 Å². The van der Waals surface area contributed by atoms with Gasteiger partial charge in [0.2, 0.25) is 11.8 Å². The van der Waals surface area contributed by atoms with Crippen molar-refractivity contribution in [3.63, 3.8) is 0 Å². The molecule has 0 aliphatic carbocycles. The van der Waals surface area contributed by atoms with Gasteiger partial charge < -0.3 is 14.6 Å². The molecule has 2 aliphatic heterocycles. The smallest absolute Gasteiger partial charge is 0.245 e. The summed E-state index contributed by atoms with van der Waals surface area (Å²) < 4.78 is 11.0. The molecule has 0 radical (unpaired) electrons. The summed E-state index contributed by atoms with van der Waals surface area (Å²) in [4.78, 5) is 15.6. The Morgan fingerprint density at radius 3 is 3.05 bits per heavy atom. The van der Waals surface area contributed by atoms with E-state index in [1.165, 1.54) is 0 Å². The van der Waals surface area contributed by atoms with Crippen molar-refractivity contribution in [1.82, 2.24) is 20.8 Å². The van der Waals surface area contributed by atoms with Crippen LogP contribution in [0.5, 0.6) is 5.75 Å². The molecule has 2 aliphatic rings. The molecular formula is C14H14N4O3. The average Bonchev–Trinajstić information content (AvgIpc) is 3.14.